The average Bonchev–Trinajstić information content (AvgIpc) is 2.43. The highest BCUT2D eigenvalue weighted by atomic mass is 32.2. The molecular formula is C17H25F2NO3S. The van der Waals surface area contributed by atoms with E-state index in [0.29, 0.717) is 24.8 Å². The molecule has 0 aliphatic heterocycles. The maximum atomic E-state index is 13.7. The van der Waals surface area contributed by atoms with Crippen molar-refractivity contribution in [2.24, 2.45) is 0 Å². The lowest BCUT2D eigenvalue weighted by Gasteiger charge is -2.37. The lowest BCUT2D eigenvalue weighted by Crippen LogP contribution is -2.51. The van der Waals surface area contributed by atoms with Crippen molar-refractivity contribution in [3.05, 3.63) is 35.4 Å². The predicted molar refractivity (Wildman–Crippen MR) is 90.8 cm³/mol. The molecule has 0 radical (unpaired) electrons. The SMILES string of the molecule is CC[C@@](CCCC(=O)O)(N[S+]([O-])C(C)(C)C)c1cc(F)cc(F)c1. The zero-order chi connectivity index (χ0) is 18.5. The van der Waals surface area contributed by atoms with Gasteiger partial charge in [0, 0.05) is 23.8 Å². The fourth-order valence-electron chi connectivity index (χ4n) is 2.41. The van der Waals surface area contributed by atoms with Crippen LogP contribution in [0.25, 0.3) is 0 Å². The Morgan fingerprint density at radius 3 is 2.21 bits per heavy atom. The van der Waals surface area contributed by atoms with Crippen LogP contribution in [0.2, 0.25) is 0 Å². The molecule has 4 nitrogen and oxygen atoms in total. The van der Waals surface area contributed by atoms with Crippen molar-refractivity contribution in [1.82, 2.24) is 4.72 Å². The molecule has 1 unspecified atom stereocenters. The third kappa shape index (κ3) is 5.72. The first-order valence-electron chi connectivity index (χ1n) is 7.88. The third-order valence-corrected chi connectivity index (χ3v) is 5.55. The van der Waals surface area contributed by atoms with Crippen molar-refractivity contribution < 1.29 is 23.2 Å². The number of halogens is 2. The van der Waals surface area contributed by atoms with Gasteiger partial charge in [0.2, 0.25) is 0 Å². The Hall–Kier alpha value is -1.18. The summed E-state index contributed by atoms with van der Waals surface area (Å²) in [5.74, 6) is -2.38. The molecule has 0 bridgehead atoms. The zero-order valence-electron chi connectivity index (χ0n) is 14.5. The molecule has 136 valence electrons. The van der Waals surface area contributed by atoms with Gasteiger partial charge in [0.15, 0.2) is 0 Å². The molecule has 1 aromatic rings. The summed E-state index contributed by atoms with van der Waals surface area (Å²) in [5.41, 5.74) is -0.623. The van der Waals surface area contributed by atoms with Crippen LogP contribution < -0.4 is 4.72 Å². The van der Waals surface area contributed by atoms with Crippen LogP contribution in [-0.2, 0) is 21.7 Å². The minimum Gasteiger partial charge on any atom is -0.598 e. The molecule has 1 rings (SSSR count). The lowest BCUT2D eigenvalue weighted by molar-refractivity contribution is -0.137. The molecule has 0 aliphatic rings. The van der Waals surface area contributed by atoms with Crippen LogP contribution in [0.5, 0.6) is 0 Å². The summed E-state index contributed by atoms with van der Waals surface area (Å²) in [7, 11) is 0. The van der Waals surface area contributed by atoms with Gasteiger partial charge in [-0.1, -0.05) is 6.92 Å². The highest BCUT2D eigenvalue weighted by molar-refractivity contribution is 7.90. The van der Waals surface area contributed by atoms with Gasteiger partial charge in [-0.15, -0.1) is 4.72 Å². The van der Waals surface area contributed by atoms with E-state index < -0.39 is 39.3 Å². The maximum Gasteiger partial charge on any atom is 0.303 e. The molecule has 0 aliphatic carbocycles. The largest absolute Gasteiger partial charge is 0.598 e. The van der Waals surface area contributed by atoms with E-state index >= 15 is 0 Å². The summed E-state index contributed by atoms with van der Waals surface area (Å²) in [4.78, 5) is 10.8. The van der Waals surface area contributed by atoms with Gasteiger partial charge in [0.05, 0.1) is 5.54 Å². The second-order valence-electron chi connectivity index (χ2n) is 6.82. The van der Waals surface area contributed by atoms with Gasteiger partial charge in [0.25, 0.3) is 0 Å². The summed E-state index contributed by atoms with van der Waals surface area (Å²) in [6.07, 6.45) is 0.955. The summed E-state index contributed by atoms with van der Waals surface area (Å²) in [6.45, 7) is 7.19. The van der Waals surface area contributed by atoms with E-state index in [4.69, 9.17) is 5.11 Å². The number of carboxylic acids is 1. The Balaban J connectivity index is 3.23. The molecule has 0 heterocycles. The number of rotatable bonds is 8. The maximum absolute atomic E-state index is 13.7. The summed E-state index contributed by atoms with van der Waals surface area (Å²) in [6, 6.07) is 3.20. The van der Waals surface area contributed by atoms with Gasteiger partial charge in [-0.25, -0.2) is 8.78 Å². The lowest BCUT2D eigenvalue weighted by atomic mass is 9.83. The van der Waals surface area contributed by atoms with Crippen molar-refractivity contribution in [2.75, 3.05) is 0 Å². The van der Waals surface area contributed by atoms with E-state index in [1.165, 1.54) is 12.1 Å². The Morgan fingerprint density at radius 1 is 1.25 bits per heavy atom. The smallest absolute Gasteiger partial charge is 0.303 e. The Morgan fingerprint density at radius 2 is 1.79 bits per heavy atom. The second-order valence-corrected chi connectivity index (χ2v) is 8.79. The number of hydrogen-bond acceptors (Lipinski definition) is 3. The number of aliphatic carboxylic acids is 1. The van der Waals surface area contributed by atoms with E-state index in [1.807, 2.05) is 6.92 Å². The molecule has 1 aromatic carbocycles. The summed E-state index contributed by atoms with van der Waals surface area (Å²) in [5, 5.41) is 8.85. The van der Waals surface area contributed by atoms with Gasteiger partial charge in [-0.2, -0.15) is 0 Å². The molecule has 0 spiro atoms. The predicted octanol–water partition coefficient (Wildman–Crippen LogP) is 3.88. The Bertz CT molecular complexity index is 557. The van der Waals surface area contributed by atoms with Crippen molar-refractivity contribution in [1.29, 1.82) is 0 Å². The van der Waals surface area contributed by atoms with Crippen LogP contribution >= 0.6 is 0 Å². The quantitative estimate of drug-likeness (QED) is 0.689. The average molecular weight is 361 g/mol. The normalized spacial score (nSPS) is 15.8. The number of hydrogen-bond donors (Lipinski definition) is 2. The first kappa shape index (κ1) is 20.9. The molecule has 0 saturated heterocycles. The summed E-state index contributed by atoms with van der Waals surface area (Å²) < 4.78 is 42.4. The molecular weight excluding hydrogens is 336 g/mol. The highest BCUT2D eigenvalue weighted by Gasteiger charge is 2.39. The monoisotopic (exact) mass is 361 g/mol. The van der Waals surface area contributed by atoms with Gasteiger partial charge >= 0.3 is 5.97 Å². The topological polar surface area (TPSA) is 72.4 Å². The Labute approximate surface area is 145 Å². The molecule has 0 fully saturated rings. The minimum atomic E-state index is -1.48. The Kier molecular flexibility index (Phi) is 7.19. The highest BCUT2D eigenvalue weighted by Crippen LogP contribution is 2.34. The van der Waals surface area contributed by atoms with Crippen molar-refractivity contribution in [3.8, 4) is 0 Å². The molecule has 0 aromatic heterocycles. The van der Waals surface area contributed by atoms with Crippen molar-refractivity contribution in [3.63, 3.8) is 0 Å². The molecule has 0 saturated carbocycles. The molecule has 0 amide bonds. The van der Waals surface area contributed by atoms with Gasteiger partial charge in [0.1, 0.15) is 16.4 Å². The minimum absolute atomic E-state index is 0.0661. The van der Waals surface area contributed by atoms with E-state index in [2.05, 4.69) is 4.72 Å². The van der Waals surface area contributed by atoms with E-state index in [9.17, 15) is 18.1 Å². The van der Waals surface area contributed by atoms with Crippen molar-refractivity contribution >= 4 is 17.3 Å². The first-order valence-corrected chi connectivity index (χ1v) is 9.03. The van der Waals surface area contributed by atoms with E-state index in [-0.39, 0.29) is 6.42 Å². The van der Waals surface area contributed by atoms with Crippen LogP contribution in [0, 0.1) is 11.6 Å². The van der Waals surface area contributed by atoms with Crippen molar-refractivity contribution in [2.45, 2.75) is 63.7 Å². The summed E-state index contributed by atoms with van der Waals surface area (Å²) >= 11 is -1.48. The first-order chi connectivity index (χ1) is 11.0. The van der Waals surface area contributed by atoms with E-state index in [1.54, 1.807) is 20.8 Å². The number of benzene rings is 1. The molecule has 24 heavy (non-hydrogen) atoms. The van der Waals surface area contributed by atoms with Crippen LogP contribution in [0.15, 0.2) is 18.2 Å². The zero-order valence-corrected chi connectivity index (χ0v) is 15.3. The van der Waals surface area contributed by atoms with Crippen LogP contribution in [0.4, 0.5) is 8.78 Å². The molecule has 7 heteroatoms. The van der Waals surface area contributed by atoms with Crippen LogP contribution in [0.1, 0.15) is 58.9 Å². The van der Waals surface area contributed by atoms with Gasteiger partial charge in [-0.3, -0.25) is 4.79 Å². The van der Waals surface area contributed by atoms with E-state index in [0.717, 1.165) is 6.07 Å². The standard InChI is InChI=1S/C17H25F2NO3S/c1-5-17(8-6-7-15(21)22,20-24(23)16(2,3)4)12-9-13(18)11-14(19)10-12/h9-11,20H,5-8H2,1-4H3,(H,21,22)/t17-,24?/m0/s1. The second kappa shape index (κ2) is 8.27. The molecule has 2 atom stereocenters. The van der Waals surface area contributed by atoms with Gasteiger partial charge in [-0.05, 0) is 57.7 Å². The fourth-order valence-corrected chi connectivity index (χ4v) is 3.43. The van der Waals surface area contributed by atoms with Crippen LogP contribution in [0.3, 0.4) is 0 Å². The number of carbonyl (C=O) groups is 1. The molecule has 2 N–H and O–H groups in total. The fraction of sp³-hybridized carbons (Fsp3) is 0.588. The van der Waals surface area contributed by atoms with Gasteiger partial charge < -0.3 is 9.66 Å². The number of nitrogens with one attached hydrogen (secondary N) is 1. The van der Waals surface area contributed by atoms with Crippen LogP contribution in [-0.4, -0.2) is 20.4 Å². The number of carboxylic acid groups (broad SMARTS) is 1. The third-order valence-electron chi connectivity index (χ3n) is 3.86.